The minimum atomic E-state index is -1.10. The van der Waals surface area contributed by atoms with E-state index in [0.717, 1.165) is 5.76 Å². The highest BCUT2D eigenvalue weighted by atomic mass is 16.3. The lowest BCUT2D eigenvalue weighted by atomic mass is 9.95. The van der Waals surface area contributed by atoms with E-state index >= 15 is 0 Å². The molecule has 154 valence electrons. The van der Waals surface area contributed by atoms with E-state index in [4.69, 9.17) is 4.42 Å². The van der Waals surface area contributed by atoms with Crippen LogP contribution in [0.2, 0.25) is 0 Å². The van der Waals surface area contributed by atoms with E-state index in [-0.39, 0.29) is 17.5 Å². The summed E-state index contributed by atoms with van der Waals surface area (Å²) in [5, 5.41) is 24.3. The first-order chi connectivity index (χ1) is 14.4. The van der Waals surface area contributed by atoms with Crippen molar-refractivity contribution in [1.29, 1.82) is 0 Å². The molecule has 0 aliphatic heterocycles. The van der Waals surface area contributed by atoms with Crippen molar-refractivity contribution in [1.82, 2.24) is 19.5 Å². The third-order valence-electron chi connectivity index (χ3n) is 6.35. The van der Waals surface area contributed by atoms with Gasteiger partial charge in [-0.1, -0.05) is 0 Å². The van der Waals surface area contributed by atoms with Crippen LogP contribution in [0.1, 0.15) is 36.7 Å². The molecule has 9 nitrogen and oxygen atoms in total. The number of aryl methyl sites for hydroxylation is 1. The van der Waals surface area contributed by atoms with Gasteiger partial charge in [-0.15, -0.1) is 0 Å². The summed E-state index contributed by atoms with van der Waals surface area (Å²) in [7, 11) is 1.73. The Labute approximate surface area is 172 Å². The molecule has 2 fully saturated rings. The van der Waals surface area contributed by atoms with Crippen molar-refractivity contribution in [2.45, 2.75) is 38.5 Å². The van der Waals surface area contributed by atoms with Crippen LogP contribution in [0.15, 0.2) is 22.9 Å². The van der Waals surface area contributed by atoms with E-state index < -0.39 is 23.7 Å². The van der Waals surface area contributed by atoms with E-state index in [2.05, 4.69) is 32.1 Å². The zero-order chi connectivity index (χ0) is 21.2. The van der Waals surface area contributed by atoms with Gasteiger partial charge in [-0.05, 0) is 50.2 Å². The summed E-state index contributed by atoms with van der Waals surface area (Å²) in [6.45, 7) is 3.31. The van der Waals surface area contributed by atoms with Crippen LogP contribution in [0, 0.1) is 30.1 Å². The molecule has 9 heteroatoms. The van der Waals surface area contributed by atoms with Gasteiger partial charge in [-0.3, -0.25) is 4.79 Å². The number of nitrogens with one attached hydrogen (secondary N) is 1. The molecule has 0 amide bonds. The van der Waals surface area contributed by atoms with E-state index in [1.807, 2.05) is 13.0 Å². The third-order valence-corrected chi connectivity index (χ3v) is 6.35. The zero-order valence-corrected chi connectivity index (χ0v) is 16.7. The first-order valence-corrected chi connectivity index (χ1v) is 9.74. The lowest BCUT2D eigenvalue weighted by Crippen LogP contribution is -2.36. The maximum absolute atomic E-state index is 12.2. The molecule has 0 aromatic carbocycles. The van der Waals surface area contributed by atoms with E-state index in [1.54, 1.807) is 24.0 Å². The quantitative estimate of drug-likeness (QED) is 0.550. The number of carbonyl (C=O) groups is 1. The summed E-state index contributed by atoms with van der Waals surface area (Å²) in [4.78, 5) is 25.5. The smallest absolute Gasteiger partial charge is 0.209 e. The predicted molar refractivity (Wildman–Crippen MR) is 107 cm³/mol. The van der Waals surface area contributed by atoms with Crippen molar-refractivity contribution in [3.05, 3.63) is 35.8 Å². The van der Waals surface area contributed by atoms with Gasteiger partial charge >= 0.3 is 0 Å². The second-order valence-electron chi connectivity index (χ2n) is 7.96. The highest BCUT2D eigenvalue weighted by Crippen LogP contribution is 2.68. The standard InChI is InChI=1S/C21H21N5O4/c1-10-4-5-12(30-10)6-7-14-24-19(22-3)15-20(25-14)26(9-23-15)16-13-8-21(13,11(2)27)18(29)17(16)28/h4-5,9,13,16-18,28-29H,8H2,1-3H3,(H,22,24,25)/t13?,16-,17+,18?,21-/m1/s1. The normalized spacial score (nSPS) is 29.4. The monoisotopic (exact) mass is 407 g/mol. The minimum Gasteiger partial charge on any atom is -0.453 e. The maximum atomic E-state index is 12.2. The number of aliphatic hydroxyl groups excluding tert-OH is 2. The lowest BCUT2D eigenvalue weighted by Gasteiger charge is -2.23. The Kier molecular flexibility index (Phi) is 4.00. The van der Waals surface area contributed by atoms with Crippen LogP contribution >= 0.6 is 0 Å². The van der Waals surface area contributed by atoms with Gasteiger partial charge in [-0.25, -0.2) is 15.0 Å². The topological polar surface area (TPSA) is 126 Å². The number of furan rings is 1. The largest absolute Gasteiger partial charge is 0.453 e. The summed E-state index contributed by atoms with van der Waals surface area (Å²) in [5.41, 5.74) is 0.135. The summed E-state index contributed by atoms with van der Waals surface area (Å²) in [5.74, 6) is 7.58. The molecule has 2 unspecified atom stereocenters. The van der Waals surface area contributed by atoms with Gasteiger partial charge in [0.1, 0.15) is 17.6 Å². The van der Waals surface area contributed by atoms with Crippen molar-refractivity contribution in [2.24, 2.45) is 11.3 Å². The van der Waals surface area contributed by atoms with Crippen LogP contribution < -0.4 is 5.32 Å². The Hall–Kier alpha value is -3.22. The molecule has 3 N–H and O–H groups in total. The molecule has 0 saturated heterocycles. The van der Waals surface area contributed by atoms with Crippen molar-refractivity contribution in [3.8, 4) is 11.8 Å². The Morgan fingerprint density at radius 3 is 2.77 bits per heavy atom. The number of fused-ring (bicyclic) bond motifs is 2. The average molecular weight is 407 g/mol. The van der Waals surface area contributed by atoms with Gasteiger partial charge in [0.15, 0.2) is 22.7 Å². The second-order valence-corrected chi connectivity index (χ2v) is 7.96. The Morgan fingerprint density at radius 2 is 2.13 bits per heavy atom. The summed E-state index contributed by atoms with van der Waals surface area (Å²) >= 11 is 0. The average Bonchev–Trinajstić information content (AvgIpc) is 2.98. The first-order valence-electron chi connectivity index (χ1n) is 9.74. The molecule has 0 bridgehead atoms. The molecule has 2 aliphatic carbocycles. The van der Waals surface area contributed by atoms with Crippen LogP contribution in [-0.4, -0.2) is 54.8 Å². The Bertz CT molecular complexity index is 1240. The maximum Gasteiger partial charge on any atom is 0.209 e. The van der Waals surface area contributed by atoms with E-state index in [1.165, 1.54) is 6.92 Å². The van der Waals surface area contributed by atoms with Gasteiger partial charge < -0.3 is 24.5 Å². The molecule has 2 saturated carbocycles. The Balaban J connectivity index is 1.59. The molecule has 5 atom stereocenters. The fraction of sp³-hybridized carbons (Fsp3) is 0.429. The molecule has 0 radical (unpaired) electrons. The number of rotatable bonds is 3. The van der Waals surface area contributed by atoms with Crippen LogP contribution in [-0.2, 0) is 4.79 Å². The number of aliphatic hydroxyl groups is 2. The number of ketones is 1. The van der Waals surface area contributed by atoms with E-state index in [0.29, 0.717) is 29.2 Å². The van der Waals surface area contributed by atoms with Gasteiger partial charge in [0.2, 0.25) is 5.82 Å². The molecular formula is C21H21N5O4. The molecular weight excluding hydrogens is 386 g/mol. The van der Waals surface area contributed by atoms with Crippen molar-refractivity contribution in [3.63, 3.8) is 0 Å². The molecule has 30 heavy (non-hydrogen) atoms. The van der Waals surface area contributed by atoms with Gasteiger partial charge in [0.25, 0.3) is 0 Å². The molecule has 3 aromatic rings. The molecule has 0 spiro atoms. The van der Waals surface area contributed by atoms with Gasteiger partial charge in [0, 0.05) is 7.05 Å². The fourth-order valence-corrected chi connectivity index (χ4v) is 4.76. The zero-order valence-electron chi connectivity index (χ0n) is 16.7. The summed E-state index contributed by atoms with van der Waals surface area (Å²) in [6, 6.07) is 3.10. The molecule has 5 rings (SSSR count). The number of imidazole rings is 1. The number of hydrogen-bond donors (Lipinski definition) is 3. The van der Waals surface area contributed by atoms with Crippen molar-refractivity contribution in [2.75, 3.05) is 12.4 Å². The second kappa shape index (κ2) is 6.39. The third kappa shape index (κ3) is 2.51. The van der Waals surface area contributed by atoms with Crippen molar-refractivity contribution >= 4 is 22.8 Å². The van der Waals surface area contributed by atoms with Crippen LogP contribution in [0.4, 0.5) is 5.82 Å². The number of nitrogens with zero attached hydrogens (tertiary/aromatic N) is 4. The summed E-state index contributed by atoms with van der Waals surface area (Å²) in [6.07, 6.45) is -0.0740. The minimum absolute atomic E-state index is 0.100. The molecule has 3 heterocycles. The molecule has 3 aromatic heterocycles. The lowest BCUT2D eigenvalue weighted by molar-refractivity contribution is -0.128. The predicted octanol–water partition coefficient (Wildman–Crippen LogP) is 1.04. The Morgan fingerprint density at radius 1 is 1.33 bits per heavy atom. The SMILES string of the molecule is CNc1nc(C#Cc2ccc(C)o2)nc2c1ncn2[C@@H]1C2C[C@]2(C(C)=O)C(O)[C@H]1O. The fourth-order valence-electron chi connectivity index (χ4n) is 4.76. The highest BCUT2D eigenvalue weighted by molar-refractivity contribution is 5.88. The van der Waals surface area contributed by atoms with Gasteiger partial charge in [-0.2, -0.15) is 0 Å². The van der Waals surface area contributed by atoms with Crippen molar-refractivity contribution < 1.29 is 19.4 Å². The number of carbonyl (C=O) groups excluding carboxylic acids is 1. The van der Waals surface area contributed by atoms with Crippen LogP contribution in [0.5, 0.6) is 0 Å². The molecule has 2 aliphatic rings. The first kappa shape index (κ1) is 18.8. The number of aromatic nitrogens is 4. The number of Topliss-reactive ketones (excluding diaryl/α,β-unsaturated/α-hetero) is 1. The van der Waals surface area contributed by atoms with Crippen LogP contribution in [0.25, 0.3) is 11.2 Å². The van der Waals surface area contributed by atoms with Crippen LogP contribution in [0.3, 0.4) is 0 Å². The number of anilines is 1. The number of hydrogen-bond acceptors (Lipinski definition) is 8. The highest BCUT2D eigenvalue weighted by Gasteiger charge is 2.74. The van der Waals surface area contributed by atoms with E-state index in [9.17, 15) is 15.0 Å². The van der Waals surface area contributed by atoms with Gasteiger partial charge in [0.05, 0.1) is 23.9 Å². The summed E-state index contributed by atoms with van der Waals surface area (Å²) < 4.78 is 7.20.